The zero-order valence-corrected chi connectivity index (χ0v) is 11.6. The van der Waals surface area contributed by atoms with Crippen molar-refractivity contribution < 1.29 is 4.39 Å². The van der Waals surface area contributed by atoms with E-state index in [9.17, 15) is 4.39 Å². The Morgan fingerprint density at radius 2 is 2.00 bits per heavy atom. The van der Waals surface area contributed by atoms with Crippen LogP contribution in [-0.2, 0) is 6.42 Å². The Morgan fingerprint density at radius 3 is 2.50 bits per heavy atom. The molecule has 0 aliphatic carbocycles. The predicted molar refractivity (Wildman–Crippen MR) is 69.9 cm³/mol. The van der Waals surface area contributed by atoms with E-state index in [-0.39, 0.29) is 17.3 Å². The third kappa shape index (κ3) is 4.62. The number of hydrogen-bond acceptors (Lipinski definition) is 1. The maximum Gasteiger partial charge on any atom is 0.137 e. The second kappa shape index (κ2) is 5.28. The summed E-state index contributed by atoms with van der Waals surface area (Å²) in [5.41, 5.74) is 7.38. The molecule has 0 aromatic heterocycles. The molecule has 0 saturated heterocycles. The van der Waals surface area contributed by atoms with Crippen LogP contribution in [0.25, 0.3) is 0 Å². The second-order valence-electron chi connectivity index (χ2n) is 5.48. The van der Waals surface area contributed by atoms with Crippen LogP contribution in [0.1, 0.15) is 32.8 Å². The van der Waals surface area contributed by atoms with Crippen molar-refractivity contribution in [3.8, 4) is 0 Å². The summed E-state index contributed by atoms with van der Waals surface area (Å²) in [6, 6.07) is 5.20. The van der Waals surface area contributed by atoms with E-state index in [1.807, 2.05) is 0 Å². The van der Waals surface area contributed by atoms with Crippen molar-refractivity contribution in [2.75, 3.05) is 0 Å². The summed E-state index contributed by atoms with van der Waals surface area (Å²) in [5.74, 6) is -0.229. The first-order valence-corrected chi connectivity index (χ1v) is 6.27. The number of rotatable bonds is 3. The molecule has 1 rings (SSSR count). The Morgan fingerprint density at radius 1 is 1.38 bits per heavy atom. The van der Waals surface area contributed by atoms with Crippen LogP contribution in [0.15, 0.2) is 22.7 Å². The van der Waals surface area contributed by atoms with E-state index < -0.39 is 0 Å². The number of hydrogen-bond donors (Lipinski definition) is 1. The second-order valence-corrected chi connectivity index (χ2v) is 6.33. The van der Waals surface area contributed by atoms with Gasteiger partial charge >= 0.3 is 0 Å². The molecule has 0 spiro atoms. The van der Waals surface area contributed by atoms with Gasteiger partial charge in [0.25, 0.3) is 0 Å². The summed E-state index contributed by atoms with van der Waals surface area (Å²) in [4.78, 5) is 0. The molecule has 1 atom stereocenters. The van der Waals surface area contributed by atoms with Crippen molar-refractivity contribution >= 4 is 15.9 Å². The van der Waals surface area contributed by atoms with Crippen LogP contribution in [0, 0.1) is 11.2 Å². The van der Waals surface area contributed by atoms with Crippen molar-refractivity contribution in [1.82, 2.24) is 0 Å². The fraction of sp³-hybridized carbons (Fsp3) is 0.538. The van der Waals surface area contributed by atoms with Gasteiger partial charge in [0.2, 0.25) is 0 Å². The van der Waals surface area contributed by atoms with Gasteiger partial charge in [-0.1, -0.05) is 26.8 Å². The Labute approximate surface area is 105 Å². The van der Waals surface area contributed by atoms with Gasteiger partial charge in [-0.15, -0.1) is 0 Å². The molecule has 0 radical (unpaired) electrons. The van der Waals surface area contributed by atoms with Crippen LogP contribution in [0.3, 0.4) is 0 Å². The maximum absolute atomic E-state index is 13.0. The van der Waals surface area contributed by atoms with Crippen LogP contribution in [0.2, 0.25) is 0 Å². The normalized spacial score (nSPS) is 13.9. The first kappa shape index (κ1) is 13.7. The van der Waals surface area contributed by atoms with Gasteiger partial charge in [0.15, 0.2) is 0 Å². The summed E-state index contributed by atoms with van der Waals surface area (Å²) < 4.78 is 13.5. The summed E-state index contributed by atoms with van der Waals surface area (Å²) in [6.07, 6.45) is 1.75. The van der Waals surface area contributed by atoms with Crippen LogP contribution >= 0.6 is 15.9 Å². The fourth-order valence-corrected chi connectivity index (χ4v) is 2.25. The molecule has 0 aliphatic rings. The summed E-state index contributed by atoms with van der Waals surface area (Å²) >= 11 is 3.18. The zero-order valence-electron chi connectivity index (χ0n) is 10.1. The summed E-state index contributed by atoms with van der Waals surface area (Å²) in [5, 5.41) is 0. The van der Waals surface area contributed by atoms with Crippen molar-refractivity contribution in [2.24, 2.45) is 11.1 Å². The van der Waals surface area contributed by atoms with Gasteiger partial charge in [0.1, 0.15) is 5.82 Å². The molecule has 0 amide bonds. The largest absolute Gasteiger partial charge is 0.327 e. The molecule has 0 saturated carbocycles. The van der Waals surface area contributed by atoms with Crippen molar-refractivity contribution in [3.63, 3.8) is 0 Å². The first-order valence-electron chi connectivity index (χ1n) is 5.47. The molecule has 1 unspecified atom stereocenters. The molecule has 0 aliphatic heterocycles. The van der Waals surface area contributed by atoms with Crippen molar-refractivity contribution in [2.45, 2.75) is 39.7 Å². The van der Waals surface area contributed by atoms with Gasteiger partial charge in [-0.25, -0.2) is 4.39 Å². The molecule has 1 aromatic rings. The molecule has 90 valence electrons. The molecular weight excluding hydrogens is 269 g/mol. The average Bonchev–Trinajstić information content (AvgIpc) is 2.08. The third-order valence-corrected chi connectivity index (χ3v) is 2.96. The molecule has 0 bridgehead atoms. The highest BCUT2D eigenvalue weighted by atomic mass is 79.9. The Balaban J connectivity index is 2.63. The van der Waals surface area contributed by atoms with Crippen molar-refractivity contribution in [1.29, 1.82) is 0 Å². The number of benzene rings is 1. The molecule has 1 nitrogen and oxygen atoms in total. The smallest absolute Gasteiger partial charge is 0.137 e. The standard InChI is InChI=1S/C13H19BrFN/c1-13(2,3)8-10(16)6-9-4-5-12(15)11(14)7-9/h4-5,7,10H,6,8,16H2,1-3H3. The van der Waals surface area contributed by atoms with Crippen molar-refractivity contribution in [3.05, 3.63) is 34.1 Å². The molecule has 16 heavy (non-hydrogen) atoms. The quantitative estimate of drug-likeness (QED) is 0.897. The van der Waals surface area contributed by atoms with Gasteiger partial charge < -0.3 is 5.73 Å². The molecule has 0 heterocycles. The number of nitrogens with two attached hydrogens (primary N) is 1. The van der Waals surface area contributed by atoms with E-state index in [1.54, 1.807) is 12.1 Å². The lowest BCUT2D eigenvalue weighted by molar-refractivity contribution is 0.338. The summed E-state index contributed by atoms with van der Waals surface area (Å²) in [6.45, 7) is 6.52. The minimum atomic E-state index is -0.229. The van der Waals surface area contributed by atoms with E-state index in [0.29, 0.717) is 4.47 Å². The Kier molecular flexibility index (Phi) is 4.51. The number of halogens is 2. The molecule has 3 heteroatoms. The fourth-order valence-electron chi connectivity index (χ4n) is 1.83. The van der Waals surface area contributed by atoms with E-state index in [0.717, 1.165) is 18.4 Å². The van der Waals surface area contributed by atoms with Crippen LogP contribution in [0.5, 0.6) is 0 Å². The zero-order chi connectivity index (χ0) is 12.3. The highest BCUT2D eigenvalue weighted by Crippen LogP contribution is 2.23. The van der Waals surface area contributed by atoms with Gasteiger partial charge in [0, 0.05) is 6.04 Å². The molecular formula is C13H19BrFN. The minimum absolute atomic E-state index is 0.123. The topological polar surface area (TPSA) is 26.0 Å². The lowest BCUT2D eigenvalue weighted by Crippen LogP contribution is -2.28. The monoisotopic (exact) mass is 287 g/mol. The molecule has 1 aromatic carbocycles. The summed E-state index contributed by atoms with van der Waals surface area (Å²) in [7, 11) is 0. The Bertz CT molecular complexity index is 357. The van der Waals surface area contributed by atoms with E-state index in [1.165, 1.54) is 6.07 Å². The lowest BCUT2D eigenvalue weighted by atomic mass is 9.86. The average molecular weight is 288 g/mol. The SMILES string of the molecule is CC(C)(C)CC(N)Cc1ccc(F)c(Br)c1. The van der Waals surface area contributed by atoms with Gasteiger partial charge in [-0.2, -0.15) is 0 Å². The van der Waals surface area contributed by atoms with Crippen LogP contribution in [-0.4, -0.2) is 6.04 Å². The van der Waals surface area contributed by atoms with E-state index in [2.05, 4.69) is 36.7 Å². The van der Waals surface area contributed by atoms with Gasteiger partial charge in [-0.05, 0) is 51.9 Å². The van der Waals surface area contributed by atoms with Crippen LogP contribution in [0.4, 0.5) is 4.39 Å². The maximum atomic E-state index is 13.0. The first-order chi connectivity index (χ1) is 7.28. The van der Waals surface area contributed by atoms with Gasteiger partial charge in [0.05, 0.1) is 4.47 Å². The molecule has 0 fully saturated rings. The van der Waals surface area contributed by atoms with Crippen LogP contribution < -0.4 is 5.73 Å². The van der Waals surface area contributed by atoms with E-state index in [4.69, 9.17) is 5.73 Å². The van der Waals surface area contributed by atoms with Gasteiger partial charge in [-0.3, -0.25) is 0 Å². The Hall–Kier alpha value is -0.410. The minimum Gasteiger partial charge on any atom is -0.327 e. The third-order valence-electron chi connectivity index (χ3n) is 2.36. The molecule has 2 N–H and O–H groups in total. The highest BCUT2D eigenvalue weighted by molar-refractivity contribution is 9.10. The lowest BCUT2D eigenvalue weighted by Gasteiger charge is -2.23. The predicted octanol–water partition coefficient (Wildman–Crippen LogP) is 3.89. The highest BCUT2D eigenvalue weighted by Gasteiger charge is 2.16. The van der Waals surface area contributed by atoms with E-state index >= 15 is 0 Å².